The van der Waals surface area contributed by atoms with E-state index in [1.165, 1.54) is 29.0 Å². The molecule has 0 spiro atoms. The van der Waals surface area contributed by atoms with Crippen LogP contribution in [0.2, 0.25) is 0 Å². The first-order chi connectivity index (χ1) is 21.6. The zero-order valence-corrected chi connectivity index (χ0v) is 26.9. The van der Waals surface area contributed by atoms with E-state index in [2.05, 4.69) is 54.7 Å². The van der Waals surface area contributed by atoms with Gasteiger partial charge in [-0.25, -0.2) is 9.37 Å². The number of carbonyl (C=O) groups excluding carboxylic acids is 1. The fraction of sp³-hybridized carbons (Fsp3) is 0.324. The standard InChI is InChI=1S/C34H36FN7O2S/c1-6-21(3)29-13-10-24(28-17-37-26(16-38-28)14-31(44)41-19-27(43)20-41)18-42(29)33(22(4)7-2)40(5)34-39-32(30(15-36)45-34)23-8-11-25(35)12-9-23/h8-13,16-18,27,43H,6-7,14,19-20H2,1-5H3/b29-21-,33-22+. The van der Waals surface area contributed by atoms with E-state index in [0.717, 1.165) is 35.5 Å². The predicted octanol–water partition coefficient (Wildman–Crippen LogP) is 6.03. The minimum atomic E-state index is -0.444. The zero-order chi connectivity index (χ0) is 32.2. The molecular weight excluding hydrogens is 589 g/mol. The number of rotatable bonds is 9. The van der Waals surface area contributed by atoms with Crippen molar-refractivity contribution in [1.82, 2.24) is 24.8 Å². The molecule has 1 fully saturated rings. The number of hydrogen-bond acceptors (Lipinski definition) is 9. The minimum absolute atomic E-state index is 0.0766. The number of thiazole rings is 1. The van der Waals surface area contributed by atoms with Crippen LogP contribution in [0.3, 0.4) is 0 Å². The fourth-order valence-corrected chi connectivity index (χ4v) is 5.96. The Morgan fingerprint density at radius 2 is 1.87 bits per heavy atom. The third-order valence-corrected chi connectivity index (χ3v) is 9.08. The summed E-state index contributed by atoms with van der Waals surface area (Å²) in [7, 11) is 1.94. The Morgan fingerprint density at radius 1 is 1.13 bits per heavy atom. The van der Waals surface area contributed by atoms with Crippen LogP contribution in [0.5, 0.6) is 0 Å². The smallest absolute Gasteiger partial charge is 0.228 e. The number of aliphatic hydroxyl groups is 1. The molecule has 2 aliphatic heterocycles. The van der Waals surface area contributed by atoms with Crippen molar-refractivity contribution >= 4 is 27.9 Å². The van der Waals surface area contributed by atoms with Gasteiger partial charge in [0.25, 0.3) is 0 Å². The molecule has 1 saturated heterocycles. The molecule has 0 unspecified atom stereocenters. The summed E-state index contributed by atoms with van der Waals surface area (Å²) in [5.74, 6) is 0.477. The molecule has 2 aromatic heterocycles. The van der Waals surface area contributed by atoms with E-state index in [1.807, 2.05) is 24.2 Å². The molecule has 4 heterocycles. The molecule has 11 heteroatoms. The van der Waals surface area contributed by atoms with E-state index in [0.29, 0.717) is 45.7 Å². The highest BCUT2D eigenvalue weighted by molar-refractivity contribution is 7.16. The Hall–Kier alpha value is -4.66. The second kappa shape index (κ2) is 13.5. The van der Waals surface area contributed by atoms with E-state index in [-0.39, 0.29) is 18.1 Å². The summed E-state index contributed by atoms with van der Waals surface area (Å²) in [6.07, 6.45) is 10.8. The topological polar surface area (TPSA) is 109 Å². The Morgan fingerprint density at radius 3 is 2.47 bits per heavy atom. The number of aliphatic hydroxyl groups excluding tert-OH is 1. The second-order valence-corrected chi connectivity index (χ2v) is 12.1. The van der Waals surface area contributed by atoms with Gasteiger partial charge in [0.2, 0.25) is 5.91 Å². The number of allylic oxidation sites excluding steroid dienone is 5. The summed E-state index contributed by atoms with van der Waals surface area (Å²) >= 11 is 1.29. The number of anilines is 1. The maximum Gasteiger partial charge on any atom is 0.228 e. The Bertz CT molecular complexity index is 1740. The Balaban J connectivity index is 1.50. The van der Waals surface area contributed by atoms with Gasteiger partial charge in [-0.15, -0.1) is 0 Å². The normalized spacial score (nSPS) is 16.5. The second-order valence-electron chi connectivity index (χ2n) is 11.1. The lowest BCUT2D eigenvalue weighted by atomic mass is 10.0. The van der Waals surface area contributed by atoms with Crippen molar-refractivity contribution in [3.63, 3.8) is 0 Å². The van der Waals surface area contributed by atoms with Gasteiger partial charge >= 0.3 is 0 Å². The number of benzene rings is 1. The maximum absolute atomic E-state index is 13.6. The molecule has 2 aliphatic rings. The summed E-state index contributed by atoms with van der Waals surface area (Å²) in [5.41, 5.74) is 6.60. The van der Waals surface area contributed by atoms with Crippen molar-refractivity contribution in [2.75, 3.05) is 25.0 Å². The van der Waals surface area contributed by atoms with Crippen molar-refractivity contribution in [2.45, 2.75) is 53.1 Å². The van der Waals surface area contributed by atoms with Crippen LogP contribution in [-0.4, -0.2) is 62.0 Å². The number of nitrogens with zero attached hydrogens (tertiary/aromatic N) is 7. The van der Waals surface area contributed by atoms with Crippen LogP contribution in [-0.2, 0) is 11.2 Å². The van der Waals surface area contributed by atoms with Gasteiger partial charge in [0.05, 0.1) is 30.1 Å². The van der Waals surface area contributed by atoms with Crippen LogP contribution in [0.25, 0.3) is 16.8 Å². The van der Waals surface area contributed by atoms with Crippen molar-refractivity contribution in [3.8, 4) is 17.3 Å². The van der Waals surface area contributed by atoms with Gasteiger partial charge in [0.1, 0.15) is 28.3 Å². The minimum Gasteiger partial charge on any atom is -0.389 e. The highest BCUT2D eigenvalue weighted by atomic mass is 32.1. The lowest BCUT2D eigenvalue weighted by Crippen LogP contribution is -2.54. The number of likely N-dealkylation sites (tertiary alicyclic amines) is 1. The molecule has 3 aromatic rings. The van der Waals surface area contributed by atoms with Crippen LogP contribution in [0.15, 0.2) is 77.7 Å². The number of β-amino-alcohol motifs (C(OH)–C–C–N with tert-alkyl or cyclic N) is 1. The highest BCUT2D eigenvalue weighted by Gasteiger charge is 2.29. The van der Waals surface area contributed by atoms with Crippen LogP contribution < -0.4 is 4.90 Å². The number of carbonyl (C=O) groups is 1. The molecule has 1 amide bonds. The molecule has 1 aromatic carbocycles. The molecule has 0 saturated carbocycles. The number of halogens is 1. The summed E-state index contributed by atoms with van der Waals surface area (Å²) in [6.45, 7) is 9.13. The van der Waals surface area contributed by atoms with E-state index in [9.17, 15) is 19.6 Å². The number of nitriles is 1. The molecule has 0 bridgehead atoms. The molecule has 45 heavy (non-hydrogen) atoms. The number of hydrogen-bond donors (Lipinski definition) is 1. The molecule has 0 aliphatic carbocycles. The lowest BCUT2D eigenvalue weighted by Gasteiger charge is -2.36. The highest BCUT2D eigenvalue weighted by Crippen LogP contribution is 2.38. The first kappa shape index (κ1) is 31.8. The number of amides is 1. The Kier molecular flexibility index (Phi) is 9.56. The monoisotopic (exact) mass is 625 g/mol. The van der Waals surface area contributed by atoms with Gasteiger partial charge in [-0.1, -0.05) is 25.2 Å². The molecule has 9 nitrogen and oxygen atoms in total. The third kappa shape index (κ3) is 6.72. The van der Waals surface area contributed by atoms with E-state index >= 15 is 0 Å². The summed E-state index contributed by atoms with van der Waals surface area (Å²) < 4.78 is 13.6. The van der Waals surface area contributed by atoms with E-state index < -0.39 is 6.10 Å². The van der Waals surface area contributed by atoms with Crippen LogP contribution >= 0.6 is 11.3 Å². The molecule has 0 radical (unpaired) electrons. The van der Waals surface area contributed by atoms with Gasteiger partial charge in [-0.3, -0.25) is 14.8 Å². The van der Waals surface area contributed by atoms with Crippen molar-refractivity contribution in [3.05, 3.63) is 99.8 Å². The zero-order valence-electron chi connectivity index (χ0n) is 26.1. The first-order valence-corrected chi connectivity index (χ1v) is 15.7. The first-order valence-electron chi connectivity index (χ1n) is 14.9. The van der Waals surface area contributed by atoms with Gasteiger partial charge < -0.3 is 19.8 Å². The average Bonchev–Trinajstić information content (AvgIpc) is 3.48. The molecule has 232 valence electrons. The summed E-state index contributed by atoms with van der Waals surface area (Å²) in [5, 5.41) is 20.1. The molecule has 0 atom stereocenters. The maximum atomic E-state index is 13.6. The molecular formula is C34H36FN7O2S. The van der Waals surface area contributed by atoms with Gasteiger partial charge in [0, 0.05) is 49.4 Å². The fourth-order valence-electron chi connectivity index (χ4n) is 5.11. The number of aromatic nitrogens is 3. The third-order valence-electron chi connectivity index (χ3n) is 8.04. The molecule has 5 rings (SSSR count). The SMILES string of the molecule is CC/C(C)=C1/C=CC(c2cnc(CC(=O)N3CC(O)C3)cn2)=CN1/C(=C(\C)CC)N(C)c1nc(-c2ccc(F)cc2)c(C#N)s1. The van der Waals surface area contributed by atoms with Crippen LogP contribution in [0.4, 0.5) is 9.52 Å². The summed E-state index contributed by atoms with van der Waals surface area (Å²) in [6, 6.07) is 8.27. The average molecular weight is 626 g/mol. The molecule has 1 N–H and O–H groups in total. The largest absolute Gasteiger partial charge is 0.389 e. The van der Waals surface area contributed by atoms with Gasteiger partial charge in [-0.2, -0.15) is 5.26 Å². The van der Waals surface area contributed by atoms with E-state index in [4.69, 9.17) is 4.98 Å². The summed E-state index contributed by atoms with van der Waals surface area (Å²) in [4.78, 5) is 32.7. The van der Waals surface area contributed by atoms with Crippen LogP contribution in [0.1, 0.15) is 56.8 Å². The van der Waals surface area contributed by atoms with Crippen LogP contribution in [0, 0.1) is 17.1 Å². The predicted molar refractivity (Wildman–Crippen MR) is 174 cm³/mol. The Labute approximate surface area is 267 Å². The van der Waals surface area contributed by atoms with Gasteiger partial charge in [-0.05, 0) is 74.3 Å². The van der Waals surface area contributed by atoms with Gasteiger partial charge in [0.15, 0.2) is 5.13 Å². The lowest BCUT2D eigenvalue weighted by molar-refractivity contribution is -0.140. The van der Waals surface area contributed by atoms with Crippen molar-refractivity contribution in [2.24, 2.45) is 0 Å². The quantitative estimate of drug-likeness (QED) is 0.307. The van der Waals surface area contributed by atoms with Crippen molar-refractivity contribution < 1.29 is 14.3 Å². The van der Waals surface area contributed by atoms with E-state index in [1.54, 1.807) is 29.4 Å². The van der Waals surface area contributed by atoms with Crippen molar-refractivity contribution in [1.29, 1.82) is 5.26 Å².